The van der Waals surface area contributed by atoms with Crippen LogP contribution >= 0.6 is 11.3 Å². The molecule has 1 amide bonds. The van der Waals surface area contributed by atoms with Crippen LogP contribution in [0.25, 0.3) is 0 Å². The van der Waals surface area contributed by atoms with Crippen LogP contribution in [0, 0.1) is 0 Å². The Hall–Kier alpha value is -2.47. The van der Waals surface area contributed by atoms with E-state index in [4.69, 9.17) is 4.74 Å². The van der Waals surface area contributed by atoms with Gasteiger partial charge in [-0.15, -0.1) is 11.3 Å². The molecule has 0 bridgehead atoms. The molecular weight excluding hydrogens is 326 g/mol. The molecule has 1 aromatic carbocycles. The molecule has 0 unspecified atom stereocenters. The van der Waals surface area contributed by atoms with Crippen LogP contribution in [-0.4, -0.2) is 24.3 Å². The molecule has 2 aromatic rings. The van der Waals surface area contributed by atoms with Crippen molar-refractivity contribution in [3.8, 4) is 0 Å². The monoisotopic (exact) mass is 345 g/mol. The number of nitrogens with one attached hydrogen (secondary N) is 1. The molecule has 0 fully saturated rings. The van der Waals surface area contributed by atoms with E-state index in [0.29, 0.717) is 17.0 Å². The predicted molar refractivity (Wildman–Crippen MR) is 92.3 cm³/mol. The highest BCUT2D eigenvalue weighted by Crippen LogP contribution is 2.17. The van der Waals surface area contributed by atoms with Crippen LogP contribution in [0.15, 0.2) is 36.4 Å². The van der Waals surface area contributed by atoms with Crippen LogP contribution in [0.4, 0.5) is 0 Å². The first-order valence-corrected chi connectivity index (χ1v) is 8.43. The second-order valence-corrected chi connectivity index (χ2v) is 6.39. The highest BCUT2D eigenvalue weighted by atomic mass is 32.1. The summed E-state index contributed by atoms with van der Waals surface area (Å²) >= 11 is 1.42. The molecule has 0 aliphatic rings. The number of rotatable bonds is 7. The third-order valence-electron chi connectivity index (χ3n) is 3.35. The van der Waals surface area contributed by atoms with Crippen molar-refractivity contribution >= 4 is 29.0 Å². The van der Waals surface area contributed by atoms with E-state index in [-0.39, 0.29) is 18.3 Å². The topological polar surface area (TPSA) is 72.5 Å². The average Bonchev–Trinajstić information content (AvgIpc) is 3.07. The zero-order valence-corrected chi connectivity index (χ0v) is 14.4. The fraction of sp³-hybridized carbons (Fsp3) is 0.278. The van der Waals surface area contributed by atoms with Crippen LogP contribution in [0.1, 0.15) is 44.3 Å². The summed E-state index contributed by atoms with van der Waals surface area (Å²) in [6.45, 7) is 3.60. The lowest BCUT2D eigenvalue weighted by Crippen LogP contribution is -2.19. The van der Waals surface area contributed by atoms with Crippen molar-refractivity contribution in [3.63, 3.8) is 0 Å². The van der Waals surface area contributed by atoms with Crippen molar-refractivity contribution in [2.75, 3.05) is 6.61 Å². The van der Waals surface area contributed by atoms with Crippen molar-refractivity contribution in [1.82, 2.24) is 5.32 Å². The number of Topliss-reactive ketones (excluding diaryl/α,β-unsaturated/α-hetero) is 1. The lowest BCUT2D eigenvalue weighted by molar-refractivity contribution is -0.119. The van der Waals surface area contributed by atoms with Gasteiger partial charge in [0.05, 0.1) is 10.4 Å². The van der Waals surface area contributed by atoms with Crippen LogP contribution in [-0.2, 0) is 22.5 Å². The van der Waals surface area contributed by atoms with Gasteiger partial charge in [0.15, 0.2) is 6.61 Å². The van der Waals surface area contributed by atoms with Gasteiger partial charge in [-0.3, -0.25) is 9.59 Å². The maximum Gasteiger partial charge on any atom is 0.338 e. The number of carbonyl (C=O) groups is 3. The summed E-state index contributed by atoms with van der Waals surface area (Å²) in [5.41, 5.74) is 1.25. The Bertz CT molecular complexity index is 734. The summed E-state index contributed by atoms with van der Waals surface area (Å²) in [4.78, 5) is 36.6. The summed E-state index contributed by atoms with van der Waals surface area (Å²) in [5.74, 6) is -0.853. The molecule has 0 atom stereocenters. The van der Waals surface area contributed by atoms with Gasteiger partial charge in [0, 0.05) is 18.3 Å². The minimum absolute atomic E-state index is 0.114. The van der Waals surface area contributed by atoms with Gasteiger partial charge in [-0.25, -0.2) is 4.79 Å². The Labute approximate surface area is 144 Å². The maximum absolute atomic E-state index is 12.0. The third kappa shape index (κ3) is 5.03. The summed E-state index contributed by atoms with van der Waals surface area (Å²) in [6.07, 6.45) is 0.878. The molecule has 0 saturated heterocycles. The van der Waals surface area contributed by atoms with Crippen LogP contribution in [0.2, 0.25) is 0 Å². The standard InChI is InChI=1S/C18H19NO4S/c1-3-15-8-9-17(24-15)16(21)11-23-18(22)14-6-4-13(5-7-14)10-19-12(2)20/h4-9H,3,10-11H2,1-2H3,(H,19,20). The minimum Gasteiger partial charge on any atom is -0.454 e. The second-order valence-electron chi connectivity index (χ2n) is 5.23. The third-order valence-corrected chi connectivity index (χ3v) is 4.62. The Morgan fingerprint density at radius 1 is 1.08 bits per heavy atom. The first kappa shape index (κ1) is 17.9. The fourth-order valence-electron chi connectivity index (χ4n) is 1.99. The number of carbonyl (C=O) groups excluding carboxylic acids is 3. The van der Waals surface area contributed by atoms with Crippen molar-refractivity contribution in [2.45, 2.75) is 26.8 Å². The highest BCUT2D eigenvalue weighted by molar-refractivity contribution is 7.14. The van der Waals surface area contributed by atoms with E-state index in [9.17, 15) is 14.4 Å². The lowest BCUT2D eigenvalue weighted by atomic mass is 10.1. The van der Waals surface area contributed by atoms with Gasteiger partial charge in [-0.05, 0) is 36.2 Å². The van der Waals surface area contributed by atoms with E-state index in [2.05, 4.69) is 5.32 Å². The second kappa shape index (κ2) is 8.40. The first-order chi connectivity index (χ1) is 11.5. The SMILES string of the molecule is CCc1ccc(C(=O)COC(=O)c2ccc(CNC(C)=O)cc2)s1. The Kier molecular flexibility index (Phi) is 6.26. The van der Waals surface area contributed by atoms with E-state index < -0.39 is 5.97 Å². The van der Waals surface area contributed by atoms with Gasteiger partial charge >= 0.3 is 5.97 Å². The number of ether oxygens (including phenoxy) is 1. The molecular formula is C18H19NO4S. The number of benzene rings is 1. The summed E-state index contributed by atoms with van der Waals surface area (Å²) in [7, 11) is 0. The molecule has 126 valence electrons. The van der Waals surface area contributed by atoms with E-state index in [1.54, 1.807) is 30.3 Å². The van der Waals surface area contributed by atoms with Crippen molar-refractivity contribution in [1.29, 1.82) is 0 Å². The molecule has 0 aliphatic carbocycles. The summed E-state index contributed by atoms with van der Waals surface area (Å²) < 4.78 is 5.07. The molecule has 0 spiro atoms. The molecule has 1 aromatic heterocycles. The first-order valence-electron chi connectivity index (χ1n) is 7.62. The van der Waals surface area contributed by atoms with Gasteiger partial charge in [-0.2, -0.15) is 0 Å². The molecule has 5 nitrogen and oxygen atoms in total. The minimum atomic E-state index is -0.540. The molecule has 1 heterocycles. The zero-order valence-electron chi connectivity index (χ0n) is 13.6. The number of ketones is 1. The summed E-state index contributed by atoms with van der Waals surface area (Å²) in [6, 6.07) is 10.4. The number of hydrogen-bond acceptors (Lipinski definition) is 5. The normalized spacial score (nSPS) is 10.2. The van der Waals surface area contributed by atoms with Gasteiger partial charge in [-0.1, -0.05) is 19.1 Å². The molecule has 0 saturated carbocycles. The van der Waals surface area contributed by atoms with E-state index >= 15 is 0 Å². The van der Waals surface area contributed by atoms with E-state index in [0.717, 1.165) is 16.9 Å². The Balaban J connectivity index is 1.87. The molecule has 2 rings (SSSR count). The van der Waals surface area contributed by atoms with Gasteiger partial charge < -0.3 is 10.1 Å². The van der Waals surface area contributed by atoms with Gasteiger partial charge in [0.1, 0.15) is 0 Å². The van der Waals surface area contributed by atoms with Gasteiger partial charge in [0.25, 0.3) is 0 Å². The van der Waals surface area contributed by atoms with Crippen molar-refractivity contribution in [2.24, 2.45) is 0 Å². The zero-order chi connectivity index (χ0) is 17.5. The van der Waals surface area contributed by atoms with Crippen LogP contribution in [0.5, 0.6) is 0 Å². The number of esters is 1. The van der Waals surface area contributed by atoms with Crippen LogP contribution < -0.4 is 5.32 Å². The molecule has 1 N–H and O–H groups in total. The lowest BCUT2D eigenvalue weighted by Gasteiger charge is -2.05. The van der Waals surface area contributed by atoms with Crippen molar-refractivity contribution < 1.29 is 19.1 Å². The van der Waals surface area contributed by atoms with Crippen molar-refractivity contribution in [3.05, 3.63) is 57.3 Å². The molecule has 24 heavy (non-hydrogen) atoms. The predicted octanol–water partition coefficient (Wildman–Crippen LogP) is 2.99. The van der Waals surface area contributed by atoms with E-state index in [1.165, 1.54) is 18.3 Å². The quantitative estimate of drug-likeness (QED) is 0.618. The maximum atomic E-state index is 12.0. The number of thiophene rings is 1. The number of amides is 1. The Morgan fingerprint density at radius 2 is 1.79 bits per heavy atom. The van der Waals surface area contributed by atoms with E-state index in [1.807, 2.05) is 13.0 Å². The number of aryl methyl sites for hydroxylation is 1. The largest absolute Gasteiger partial charge is 0.454 e. The Morgan fingerprint density at radius 3 is 2.38 bits per heavy atom. The number of hydrogen-bond donors (Lipinski definition) is 1. The van der Waals surface area contributed by atoms with Gasteiger partial charge in [0.2, 0.25) is 11.7 Å². The molecule has 6 heteroatoms. The highest BCUT2D eigenvalue weighted by Gasteiger charge is 2.13. The smallest absolute Gasteiger partial charge is 0.338 e. The average molecular weight is 345 g/mol. The molecule has 0 radical (unpaired) electrons. The van der Waals surface area contributed by atoms with Crippen LogP contribution in [0.3, 0.4) is 0 Å². The molecule has 0 aliphatic heterocycles. The summed E-state index contributed by atoms with van der Waals surface area (Å²) in [5, 5.41) is 2.68. The fourth-order valence-corrected chi connectivity index (χ4v) is 2.86.